The standard InChI is InChI=1S/2C19H18N2O3/c1-13-17(15-10-6-7-11-16(15)19(22)23)20-21(12-24-2)18(13)14-8-4-3-5-9-14;1-13-17(14-8-4-3-5-9-14)20-21(12-24-2)18(13)15-10-6-7-11-16(15)19(22)23/h2*3-11H,12H2,1-2H3,(H,22,23). The first-order valence-electron chi connectivity index (χ1n) is 15.2. The summed E-state index contributed by atoms with van der Waals surface area (Å²) in [6.45, 7) is 4.45. The molecule has 0 radical (unpaired) electrons. The molecule has 0 fully saturated rings. The van der Waals surface area contributed by atoms with Gasteiger partial charge in [-0.1, -0.05) is 97.1 Å². The van der Waals surface area contributed by atoms with E-state index in [-0.39, 0.29) is 17.9 Å². The Morgan fingerprint density at radius 2 is 0.979 bits per heavy atom. The van der Waals surface area contributed by atoms with E-state index in [2.05, 4.69) is 10.2 Å². The minimum atomic E-state index is -0.965. The summed E-state index contributed by atoms with van der Waals surface area (Å²) in [5, 5.41) is 28.2. The van der Waals surface area contributed by atoms with Gasteiger partial charge in [0.05, 0.1) is 33.9 Å². The smallest absolute Gasteiger partial charge is 0.336 e. The number of aromatic carboxylic acids is 2. The van der Waals surface area contributed by atoms with Crippen molar-refractivity contribution < 1.29 is 29.3 Å². The molecule has 0 bridgehead atoms. The Bertz CT molecular complexity index is 2030. The second-order valence-corrected chi connectivity index (χ2v) is 10.9. The number of methoxy groups -OCH3 is 2. The first kappa shape index (κ1) is 33.5. The van der Waals surface area contributed by atoms with Crippen LogP contribution in [0.1, 0.15) is 31.8 Å². The van der Waals surface area contributed by atoms with E-state index in [0.29, 0.717) is 23.6 Å². The van der Waals surface area contributed by atoms with Gasteiger partial charge in [0, 0.05) is 47.6 Å². The number of hydrogen-bond acceptors (Lipinski definition) is 6. The molecule has 0 aliphatic carbocycles. The summed E-state index contributed by atoms with van der Waals surface area (Å²) >= 11 is 0. The normalized spacial score (nSPS) is 10.8. The highest BCUT2D eigenvalue weighted by Crippen LogP contribution is 2.35. The molecule has 2 N–H and O–H groups in total. The fraction of sp³-hybridized carbons (Fsp3) is 0.158. The minimum Gasteiger partial charge on any atom is -0.478 e. The fourth-order valence-corrected chi connectivity index (χ4v) is 5.72. The summed E-state index contributed by atoms with van der Waals surface area (Å²) < 4.78 is 14.0. The first-order chi connectivity index (χ1) is 23.3. The number of carbonyl (C=O) groups is 2. The quantitative estimate of drug-likeness (QED) is 0.156. The molecule has 0 aliphatic heterocycles. The fourth-order valence-electron chi connectivity index (χ4n) is 5.72. The van der Waals surface area contributed by atoms with E-state index in [4.69, 9.17) is 9.47 Å². The Kier molecular flexibility index (Phi) is 10.6. The van der Waals surface area contributed by atoms with Crippen LogP contribution in [0, 0.1) is 13.8 Å². The van der Waals surface area contributed by atoms with E-state index in [1.54, 1.807) is 60.0 Å². The van der Waals surface area contributed by atoms with E-state index in [1.165, 1.54) is 0 Å². The van der Waals surface area contributed by atoms with Crippen LogP contribution >= 0.6 is 0 Å². The van der Waals surface area contributed by atoms with Crippen LogP contribution in [0.2, 0.25) is 0 Å². The number of hydrogen-bond donors (Lipinski definition) is 2. The molecular weight excluding hydrogens is 608 g/mol. The van der Waals surface area contributed by atoms with Crippen molar-refractivity contribution in [1.82, 2.24) is 19.6 Å². The van der Waals surface area contributed by atoms with Gasteiger partial charge in [0.15, 0.2) is 0 Å². The third-order valence-corrected chi connectivity index (χ3v) is 7.80. The molecule has 6 rings (SSSR count). The molecule has 0 saturated heterocycles. The second kappa shape index (κ2) is 15.2. The van der Waals surface area contributed by atoms with E-state index < -0.39 is 11.9 Å². The van der Waals surface area contributed by atoms with Crippen molar-refractivity contribution in [3.63, 3.8) is 0 Å². The number of benzene rings is 4. The topological polar surface area (TPSA) is 129 Å². The Morgan fingerprint density at radius 1 is 0.562 bits per heavy atom. The molecule has 0 aliphatic rings. The van der Waals surface area contributed by atoms with Gasteiger partial charge in [0.1, 0.15) is 13.5 Å². The zero-order valence-electron chi connectivity index (χ0n) is 27.1. The van der Waals surface area contributed by atoms with E-state index in [1.807, 2.05) is 86.6 Å². The van der Waals surface area contributed by atoms with Gasteiger partial charge in [-0.2, -0.15) is 10.2 Å². The molecule has 2 aromatic heterocycles. The number of aromatic nitrogens is 4. The molecule has 244 valence electrons. The Morgan fingerprint density at radius 3 is 1.52 bits per heavy atom. The molecular formula is C38H36N4O6. The van der Waals surface area contributed by atoms with Crippen molar-refractivity contribution >= 4 is 11.9 Å². The molecule has 2 heterocycles. The predicted molar refractivity (Wildman–Crippen MR) is 184 cm³/mol. The summed E-state index contributed by atoms with van der Waals surface area (Å²) in [7, 11) is 3.20. The number of nitrogens with zero attached hydrogens (tertiary/aromatic N) is 4. The van der Waals surface area contributed by atoms with Crippen LogP contribution < -0.4 is 0 Å². The van der Waals surface area contributed by atoms with Gasteiger partial charge in [-0.05, 0) is 26.0 Å². The zero-order chi connectivity index (χ0) is 34.2. The Labute approximate surface area is 278 Å². The van der Waals surface area contributed by atoms with Crippen molar-refractivity contribution in [3.8, 4) is 45.0 Å². The lowest BCUT2D eigenvalue weighted by atomic mass is 9.99. The van der Waals surface area contributed by atoms with Gasteiger partial charge < -0.3 is 19.7 Å². The number of ether oxygens (including phenoxy) is 2. The van der Waals surface area contributed by atoms with E-state index in [9.17, 15) is 19.8 Å². The Hall–Kier alpha value is -5.84. The molecule has 10 nitrogen and oxygen atoms in total. The minimum absolute atomic E-state index is 0.238. The van der Waals surface area contributed by atoms with Crippen LogP contribution in [-0.4, -0.2) is 55.9 Å². The molecule has 6 aromatic rings. The maximum Gasteiger partial charge on any atom is 0.336 e. The molecule has 0 atom stereocenters. The van der Waals surface area contributed by atoms with Crippen LogP contribution in [0.3, 0.4) is 0 Å². The molecule has 10 heteroatoms. The summed E-state index contributed by atoms with van der Waals surface area (Å²) in [5.41, 5.74) is 8.73. The van der Waals surface area contributed by atoms with Crippen molar-refractivity contribution in [2.24, 2.45) is 0 Å². The predicted octanol–water partition coefficient (Wildman–Crippen LogP) is 7.66. The van der Waals surface area contributed by atoms with Crippen LogP contribution in [0.25, 0.3) is 45.0 Å². The maximum atomic E-state index is 11.6. The number of carboxylic acid groups (broad SMARTS) is 2. The average molecular weight is 645 g/mol. The van der Waals surface area contributed by atoms with Crippen LogP contribution in [0.5, 0.6) is 0 Å². The van der Waals surface area contributed by atoms with Gasteiger partial charge in [0.2, 0.25) is 0 Å². The second-order valence-electron chi connectivity index (χ2n) is 10.9. The van der Waals surface area contributed by atoms with Crippen LogP contribution in [0.4, 0.5) is 0 Å². The van der Waals surface area contributed by atoms with Gasteiger partial charge in [-0.25, -0.2) is 19.0 Å². The molecule has 0 saturated carbocycles. The average Bonchev–Trinajstić information content (AvgIpc) is 3.61. The monoisotopic (exact) mass is 644 g/mol. The molecule has 0 amide bonds. The third kappa shape index (κ3) is 6.95. The lowest BCUT2D eigenvalue weighted by molar-refractivity contribution is 0.0686. The summed E-state index contributed by atoms with van der Waals surface area (Å²) in [6.07, 6.45) is 0. The third-order valence-electron chi connectivity index (χ3n) is 7.80. The highest BCUT2D eigenvalue weighted by atomic mass is 16.5. The first-order valence-corrected chi connectivity index (χ1v) is 15.2. The molecule has 0 spiro atoms. The van der Waals surface area contributed by atoms with Crippen molar-refractivity contribution in [2.75, 3.05) is 14.2 Å². The number of carboxylic acids is 2. The van der Waals surface area contributed by atoms with Crippen molar-refractivity contribution in [2.45, 2.75) is 27.3 Å². The molecule has 0 unspecified atom stereocenters. The highest BCUT2D eigenvalue weighted by molar-refractivity contribution is 5.97. The zero-order valence-corrected chi connectivity index (χ0v) is 27.1. The van der Waals surface area contributed by atoms with Crippen molar-refractivity contribution in [1.29, 1.82) is 0 Å². The van der Waals surface area contributed by atoms with Gasteiger partial charge in [-0.3, -0.25) is 0 Å². The largest absolute Gasteiger partial charge is 0.478 e. The molecule has 48 heavy (non-hydrogen) atoms. The maximum absolute atomic E-state index is 11.6. The van der Waals surface area contributed by atoms with Gasteiger partial charge >= 0.3 is 11.9 Å². The lowest BCUT2D eigenvalue weighted by Gasteiger charge is -2.10. The lowest BCUT2D eigenvalue weighted by Crippen LogP contribution is -2.07. The summed E-state index contributed by atoms with van der Waals surface area (Å²) in [5.74, 6) is -1.93. The van der Waals surface area contributed by atoms with E-state index >= 15 is 0 Å². The molecule has 4 aromatic carbocycles. The van der Waals surface area contributed by atoms with Crippen molar-refractivity contribution in [3.05, 3.63) is 131 Å². The van der Waals surface area contributed by atoms with Crippen LogP contribution in [0.15, 0.2) is 109 Å². The van der Waals surface area contributed by atoms with Crippen LogP contribution in [-0.2, 0) is 22.9 Å². The van der Waals surface area contributed by atoms with Gasteiger partial charge in [-0.15, -0.1) is 0 Å². The van der Waals surface area contributed by atoms with E-state index in [0.717, 1.165) is 39.3 Å². The number of rotatable bonds is 10. The summed E-state index contributed by atoms with van der Waals surface area (Å²) in [4.78, 5) is 23.1. The SMILES string of the molecule is COCn1nc(-c2ccccc2)c(C)c1-c1ccccc1C(=O)O.COCn1nc(-c2ccccc2C(=O)O)c(C)c1-c1ccccc1. The highest BCUT2D eigenvalue weighted by Gasteiger charge is 2.22. The summed E-state index contributed by atoms with van der Waals surface area (Å²) in [6, 6.07) is 33.6. The van der Waals surface area contributed by atoms with Gasteiger partial charge in [0.25, 0.3) is 0 Å². The Balaban J connectivity index is 0.000000188.